The molecule has 1 aromatic heterocycles. The summed E-state index contributed by atoms with van der Waals surface area (Å²) in [4.78, 5) is 20.3. The van der Waals surface area contributed by atoms with Crippen LogP contribution in [-0.2, 0) is 4.79 Å². The van der Waals surface area contributed by atoms with Crippen LogP contribution in [0.4, 0.5) is 11.6 Å². The second-order valence-corrected chi connectivity index (χ2v) is 5.48. The highest BCUT2D eigenvalue weighted by molar-refractivity contribution is 7.98. The summed E-state index contributed by atoms with van der Waals surface area (Å²) in [6.07, 6.45) is 1.92. The molecule has 0 bridgehead atoms. The Kier molecular flexibility index (Phi) is 7.14. The van der Waals surface area contributed by atoms with Crippen LogP contribution in [0.2, 0.25) is 0 Å². The predicted octanol–water partition coefficient (Wildman–Crippen LogP) is 1.81. The van der Waals surface area contributed by atoms with Gasteiger partial charge in [0.15, 0.2) is 5.16 Å². The molecule has 3 N–H and O–H groups in total. The maximum atomic E-state index is 11.6. The van der Waals surface area contributed by atoms with E-state index in [2.05, 4.69) is 39.8 Å². The van der Waals surface area contributed by atoms with E-state index in [4.69, 9.17) is 0 Å². The van der Waals surface area contributed by atoms with Crippen molar-refractivity contribution in [3.8, 4) is 0 Å². The van der Waals surface area contributed by atoms with Crippen LogP contribution in [-0.4, -0.2) is 41.8 Å². The Hall–Kier alpha value is -1.50. The average molecular weight is 297 g/mol. The van der Waals surface area contributed by atoms with Gasteiger partial charge in [-0.25, -0.2) is 9.97 Å². The fourth-order valence-corrected chi connectivity index (χ4v) is 1.81. The number of carbonyl (C=O) groups is 1. The molecule has 0 radical (unpaired) electrons. The number of anilines is 2. The van der Waals surface area contributed by atoms with Gasteiger partial charge in [-0.3, -0.25) is 4.79 Å². The second-order valence-electron chi connectivity index (χ2n) is 4.71. The molecule has 7 heteroatoms. The van der Waals surface area contributed by atoms with Gasteiger partial charge in [-0.2, -0.15) is 0 Å². The van der Waals surface area contributed by atoms with E-state index in [-0.39, 0.29) is 12.5 Å². The Morgan fingerprint density at radius 3 is 2.50 bits per heavy atom. The van der Waals surface area contributed by atoms with E-state index in [1.54, 1.807) is 6.07 Å². The second kappa shape index (κ2) is 8.63. The molecule has 0 spiro atoms. The van der Waals surface area contributed by atoms with Crippen molar-refractivity contribution in [2.45, 2.75) is 25.9 Å². The van der Waals surface area contributed by atoms with Crippen molar-refractivity contribution < 1.29 is 4.79 Å². The van der Waals surface area contributed by atoms with Gasteiger partial charge in [0.05, 0.1) is 6.54 Å². The van der Waals surface area contributed by atoms with Crippen molar-refractivity contribution in [2.75, 3.05) is 36.5 Å². The van der Waals surface area contributed by atoms with Gasteiger partial charge in [0.2, 0.25) is 5.91 Å². The van der Waals surface area contributed by atoms with E-state index in [1.165, 1.54) is 11.8 Å². The number of thioether (sulfide) groups is 1. The predicted molar refractivity (Wildman–Crippen MR) is 84.3 cm³/mol. The van der Waals surface area contributed by atoms with Crippen LogP contribution in [0, 0.1) is 5.92 Å². The number of rotatable bonds is 8. The molecule has 1 amide bonds. The fourth-order valence-electron chi connectivity index (χ4n) is 1.43. The van der Waals surface area contributed by atoms with E-state index < -0.39 is 0 Å². The Bertz CT molecular complexity index is 439. The third-order valence-corrected chi connectivity index (χ3v) is 2.93. The lowest BCUT2D eigenvalue weighted by Gasteiger charge is -2.11. The first kappa shape index (κ1) is 16.6. The summed E-state index contributed by atoms with van der Waals surface area (Å²) in [6, 6.07) is 1.80. The van der Waals surface area contributed by atoms with E-state index in [0.717, 1.165) is 12.4 Å². The van der Waals surface area contributed by atoms with Crippen LogP contribution < -0.4 is 16.0 Å². The minimum Gasteiger partial charge on any atom is -0.370 e. The number of hydrogen-bond donors (Lipinski definition) is 3. The minimum atomic E-state index is -0.0342. The molecule has 0 unspecified atom stereocenters. The molecule has 0 saturated heterocycles. The summed E-state index contributed by atoms with van der Waals surface area (Å²) in [5, 5.41) is 9.70. The van der Waals surface area contributed by atoms with Gasteiger partial charge in [0.25, 0.3) is 0 Å². The summed E-state index contributed by atoms with van der Waals surface area (Å²) >= 11 is 1.47. The Morgan fingerprint density at radius 1 is 1.30 bits per heavy atom. The smallest absolute Gasteiger partial charge is 0.239 e. The molecule has 0 aromatic carbocycles. The number of carbonyl (C=O) groups excluding carboxylic acids is 1. The first-order valence-electron chi connectivity index (χ1n) is 6.72. The van der Waals surface area contributed by atoms with Gasteiger partial charge in [0, 0.05) is 19.2 Å². The van der Waals surface area contributed by atoms with Gasteiger partial charge in [-0.15, -0.1) is 0 Å². The molecule has 0 saturated carbocycles. The monoisotopic (exact) mass is 297 g/mol. The van der Waals surface area contributed by atoms with Crippen LogP contribution in [0.1, 0.15) is 20.8 Å². The van der Waals surface area contributed by atoms with Gasteiger partial charge in [0.1, 0.15) is 11.6 Å². The molecular formula is C13H23N5OS. The van der Waals surface area contributed by atoms with Crippen molar-refractivity contribution in [3.05, 3.63) is 6.07 Å². The molecule has 0 fully saturated rings. The molecule has 20 heavy (non-hydrogen) atoms. The third kappa shape index (κ3) is 6.10. The Balaban J connectivity index is 2.58. The van der Waals surface area contributed by atoms with Crippen LogP contribution in [0.15, 0.2) is 11.2 Å². The van der Waals surface area contributed by atoms with Gasteiger partial charge in [-0.1, -0.05) is 25.6 Å². The Labute approximate surface area is 124 Å². The number of hydrogen-bond acceptors (Lipinski definition) is 6. The number of amides is 1. The van der Waals surface area contributed by atoms with Crippen LogP contribution in [0.25, 0.3) is 0 Å². The number of aromatic nitrogens is 2. The molecule has 6 nitrogen and oxygen atoms in total. The van der Waals surface area contributed by atoms with Gasteiger partial charge < -0.3 is 16.0 Å². The lowest BCUT2D eigenvalue weighted by molar-refractivity contribution is -0.119. The highest BCUT2D eigenvalue weighted by Gasteiger charge is 2.06. The maximum Gasteiger partial charge on any atom is 0.239 e. The summed E-state index contributed by atoms with van der Waals surface area (Å²) in [5.41, 5.74) is 0. The SMILES string of the molecule is CCNc1cc(NCC(=O)NCC(C)C)nc(SC)n1. The molecule has 0 atom stereocenters. The summed E-state index contributed by atoms with van der Waals surface area (Å²) in [5.74, 6) is 1.83. The van der Waals surface area contributed by atoms with E-state index in [9.17, 15) is 4.79 Å². The van der Waals surface area contributed by atoms with E-state index in [1.807, 2.05) is 13.2 Å². The first-order valence-corrected chi connectivity index (χ1v) is 7.95. The zero-order valence-corrected chi connectivity index (χ0v) is 13.3. The quantitative estimate of drug-likeness (QED) is 0.502. The standard InChI is InChI=1S/C13H23N5OS/c1-5-14-10-6-11(18-13(17-10)20-4)15-8-12(19)16-7-9(2)3/h6,9H,5,7-8H2,1-4H3,(H,16,19)(H2,14,15,17,18). The van der Waals surface area contributed by atoms with Crippen molar-refractivity contribution in [1.29, 1.82) is 0 Å². The van der Waals surface area contributed by atoms with Gasteiger partial charge >= 0.3 is 0 Å². The summed E-state index contributed by atoms with van der Waals surface area (Å²) in [7, 11) is 0. The van der Waals surface area contributed by atoms with Crippen LogP contribution in [0.3, 0.4) is 0 Å². The van der Waals surface area contributed by atoms with Crippen molar-refractivity contribution >= 4 is 29.3 Å². The molecule has 0 aliphatic carbocycles. The Morgan fingerprint density at radius 2 is 1.95 bits per heavy atom. The number of nitrogens with zero attached hydrogens (tertiary/aromatic N) is 2. The third-order valence-electron chi connectivity index (χ3n) is 2.38. The van der Waals surface area contributed by atoms with Gasteiger partial charge in [-0.05, 0) is 19.1 Å². The molecule has 0 aliphatic heterocycles. The van der Waals surface area contributed by atoms with Crippen molar-refractivity contribution in [2.24, 2.45) is 5.92 Å². The lowest BCUT2D eigenvalue weighted by Crippen LogP contribution is -2.32. The van der Waals surface area contributed by atoms with Crippen LogP contribution >= 0.6 is 11.8 Å². The highest BCUT2D eigenvalue weighted by Crippen LogP contribution is 2.16. The number of nitrogens with one attached hydrogen (secondary N) is 3. The summed E-state index contributed by atoms with van der Waals surface area (Å²) < 4.78 is 0. The molecule has 1 aromatic rings. The molecule has 0 aliphatic rings. The maximum absolute atomic E-state index is 11.6. The zero-order chi connectivity index (χ0) is 15.0. The highest BCUT2D eigenvalue weighted by atomic mass is 32.2. The topological polar surface area (TPSA) is 78.9 Å². The molecule has 112 valence electrons. The fraction of sp³-hybridized carbons (Fsp3) is 0.615. The minimum absolute atomic E-state index is 0.0342. The van der Waals surface area contributed by atoms with E-state index >= 15 is 0 Å². The lowest BCUT2D eigenvalue weighted by atomic mass is 10.2. The zero-order valence-electron chi connectivity index (χ0n) is 12.5. The largest absolute Gasteiger partial charge is 0.370 e. The normalized spacial score (nSPS) is 10.4. The van der Waals surface area contributed by atoms with Crippen LogP contribution in [0.5, 0.6) is 0 Å². The average Bonchev–Trinajstić information content (AvgIpc) is 2.43. The molecule has 1 rings (SSSR count). The van der Waals surface area contributed by atoms with Crippen molar-refractivity contribution in [1.82, 2.24) is 15.3 Å². The molecule has 1 heterocycles. The first-order chi connectivity index (χ1) is 9.55. The van der Waals surface area contributed by atoms with Crippen molar-refractivity contribution in [3.63, 3.8) is 0 Å². The summed E-state index contributed by atoms with van der Waals surface area (Å²) in [6.45, 7) is 7.82. The molecular weight excluding hydrogens is 274 g/mol. The van der Waals surface area contributed by atoms with E-state index in [0.29, 0.717) is 23.4 Å².